The first-order chi connectivity index (χ1) is 8.00. The van der Waals surface area contributed by atoms with Crippen LogP contribution in [0.2, 0.25) is 0 Å². The lowest BCUT2D eigenvalue weighted by molar-refractivity contribution is -0.195. The Morgan fingerprint density at radius 1 is 1.33 bits per heavy atom. The number of nitrogens with zero attached hydrogens (tertiary/aromatic N) is 1. The summed E-state index contributed by atoms with van der Waals surface area (Å²) in [4.78, 5) is 12.4. The minimum atomic E-state index is -4.56. The zero-order valence-electron chi connectivity index (χ0n) is 10.6. The Bertz CT molecular complexity index is 312. The van der Waals surface area contributed by atoms with E-state index in [2.05, 4.69) is 0 Å². The zero-order valence-corrected chi connectivity index (χ0v) is 10.6. The van der Waals surface area contributed by atoms with Crippen LogP contribution >= 0.6 is 0 Å². The van der Waals surface area contributed by atoms with Crippen LogP contribution in [0.15, 0.2) is 0 Å². The van der Waals surface area contributed by atoms with Gasteiger partial charge in [0.2, 0.25) is 0 Å². The molecule has 106 valence electrons. The van der Waals surface area contributed by atoms with Gasteiger partial charge in [-0.25, -0.2) is 4.79 Å². The molecule has 0 radical (unpaired) electrons. The van der Waals surface area contributed by atoms with E-state index in [4.69, 9.17) is 4.74 Å². The van der Waals surface area contributed by atoms with E-state index in [1.807, 2.05) is 0 Å². The fourth-order valence-electron chi connectivity index (χ4n) is 1.80. The van der Waals surface area contributed by atoms with E-state index in [1.165, 1.54) is 0 Å². The van der Waals surface area contributed by atoms with Crippen molar-refractivity contribution in [3.8, 4) is 0 Å². The average molecular weight is 269 g/mol. The molecule has 1 N–H and O–H groups in total. The van der Waals surface area contributed by atoms with Crippen LogP contribution in [0.5, 0.6) is 0 Å². The van der Waals surface area contributed by atoms with Gasteiger partial charge in [-0.1, -0.05) is 0 Å². The van der Waals surface area contributed by atoms with Gasteiger partial charge in [-0.05, 0) is 27.2 Å². The van der Waals surface area contributed by atoms with Crippen molar-refractivity contribution >= 4 is 6.09 Å². The average Bonchev–Trinajstić information content (AvgIpc) is 2.13. The predicted octanol–water partition coefficient (Wildman–Crippen LogP) is 2.31. The number of ether oxygens (including phenoxy) is 1. The van der Waals surface area contributed by atoms with Gasteiger partial charge < -0.3 is 9.84 Å². The summed E-state index contributed by atoms with van der Waals surface area (Å²) in [6, 6.07) is -1.98. The molecule has 0 aromatic rings. The van der Waals surface area contributed by atoms with Crippen LogP contribution in [0.25, 0.3) is 0 Å². The highest BCUT2D eigenvalue weighted by molar-refractivity contribution is 5.68. The molecule has 4 nitrogen and oxygen atoms in total. The van der Waals surface area contributed by atoms with E-state index in [9.17, 15) is 23.1 Å². The zero-order chi connectivity index (χ0) is 14.1. The van der Waals surface area contributed by atoms with E-state index in [0.717, 1.165) is 0 Å². The molecular weight excluding hydrogens is 251 g/mol. The van der Waals surface area contributed by atoms with Gasteiger partial charge in [-0.15, -0.1) is 0 Å². The summed E-state index contributed by atoms with van der Waals surface area (Å²) in [5.74, 6) is 0. The lowest BCUT2D eigenvalue weighted by Crippen LogP contribution is -2.55. The second kappa shape index (κ2) is 4.95. The van der Waals surface area contributed by atoms with Gasteiger partial charge in [0.05, 0.1) is 6.10 Å². The van der Waals surface area contributed by atoms with Crippen molar-refractivity contribution in [1.82, 2.24) is 4.90 Å². The number of aliphatic hydroxyl groups excluding tert-OH is 1. The van der Waals surface area contributed by atoms with Gasteiger partial charge in [-0.2, -0.15) is 13.2 Å². The molecule has 1 aliphatic rings. The molecule has 1 fully saturated rings. The molecule has 7 heteroatoms. The number of alkyl halides is 3. The third kappa shape index (κ3) is 4.04. The van der Waals surface area contributed by atoms with Crippen LogP contribution in [0.1, 0.15) is 33.6 Å². The highest BCUT2D eigenvalue weighted by atomic mass is 19.4. The Balaban J connectivity index is 2.81. The molecule has 1 rings (SSSR count). The summed E-state index contributed by atoms with van der Waals surface area (Å²) in [7, 11) is 0. The minimum Gasteiger partial charge on any atom is -0.444 e. The van der Waals surface area contributed by atoms with Crippen LogP contribution < -0.4 is 0 Å². The summed E-state index contributed by atoms with van der Waals surface area (Å²) in [5, 5.41) is 9.30. The number of aliphatic hydroxyl groups is 1. The first-order valence-electron chi connectivity index (χ1n) is 5.75. The van der Waals surface area contributed by atoms with E-state index in [0.29, 0.717) is 4.90 Å². The molecule has 1 saturated heterocycles. The monoisotopic (exact) mass is 269 g/mol. The number of hydrogen-bond donors (Lipinski definition) is 1. The van der Waals surface area contributed by atoms with Crippen LogP contribution in [-0.4, -0.2) is 46.6 Å². The Labute approximate surface area is 104 Å². The molecule has 0 bridgehead atoms. The summed E-state index contributed by atoms with van der Waals surface area (Å²) in [5.41, 5.74) is -0.844. The molecule has 1 aliphatic heterocycles. The van der Waals surface area contributed by atoms with E-state index in [1.54, 1.807) is 20.8 Å². The topological polar surface area (TPSA) is 49.8 Å². The molecule has 1 amide bonds. The summed E-state index contributed by atoms with van der Waals surface area (Å²) < 4.78 is 43.3. The molecule has 0 aromatic carbocycles. The molecule has 0 spiro atoms. The lowest BCUT2D eigenvalue weighted by atomic mass is 9.99. The Morgan fingerprint density at radius 2 is 1.89 bits per heavy atom. The molecule has 2 atom stereocenters. The Kier molecular flexibility index (Phi) is 4.15. The molecule has 0 unspecified atom stereocenters. The van der Waals surface area contributed by atoms with Crippen molar-refractivity contribution < 1.29 is 27.8 Å². The molecule has 1 heterocycles. The number of carbonyl (C=O) groups excluding carboxylic acids is 1. The van der Waals surface area contributed by atoms with Crippen molar-refractivity contribution in [3.05, 3.63) is 0 Å². The predicted molar refractivity (Wildman–Crippen MR) is 58.0 cm³/mol. The van der Waals surface area contributed by atoms with Crippen LogP contribution in [0, 0.1) is 0 Å². The number of amides is 1. The fraction of sp³-hybridized carbons (Fsp3) is 0.909. The number of piperidine rings is 1. The normalized spacial score (nSPS) is 26.1. The Hall–Kier alpha value is -0.980. The summed E-state index contributed by atoms with van der Waals surface area (Å²) >= 11 is 0. The minimum absolute atomic E-state index is 0.131. The van der Waals surface area contributed by atoms with Crippen LogP contribution in [0.3, 0.4) is 0 Å². The highest BCUT2D eigenvalue weighted by Crippen LogP contribution is 2.32. The molecule has 0 saturated carbocycles. The van der Waals surface area contributed by atoms with Gasteiger partial charge in [0.15, 0.2) is 0 Å². The van der Waals surface area contributed by atoms with Crippen molar-refractivity contribution in [2.24, 2.45) is 0 Å². The van der Waals surface area contributed by atoms with Gasteiger partial charge in [0.25, 0.3) is 0 Å². The lowest BCUT2D eigenvalue weighted by Gasteiger charge is -2.39. The number of hydrogen-bond acceptors (Lipinski definition) is 3. The van der Waals surface area contributed by atoms with Crippen LogP contribution in [0.4, 0.5) is 18.0 Å². The van der Waals surface area contributed by atoms with E-state index >= 15 is 0 Å². The van der Waals surface area contributed by atoms with Gasteiger partial charge in [-0.3, -0.25) is 4.90 Å². The molecule has 0 aliphatic carbocycles. The summed E-state index contributed by atoms with van der Waals surface area (Å²) in [6.07, 6.45) is -6.95. The van der Waals surface area contributed by atoms with E-state index in [-0.39, 0.29) is 13.0 Å². The smallest absolute Gasteiger partial charge is 0.410 e. The summed E-state index contributed by atoms with van der Waals surface area (Å²) in [6.45, 7) is 4.62. The number of halogens is 3. The SMILES string of the molecule is CC(C)(C)OC(=O)N1CC[C@H](O)C[C@@H]1C(F)(F)F. The quantitative estimate of drug-likeness (QED) is 0.734. The van der Waals surface area contributed by atoms with Crippen molar-refractivity contribution in [2.45, 2.75) is 57.5 Å². The van der Waals surface area contributed by atoms with Gasteiger partial charge in [0, 0.05) is 13.0 Å². The molecule has 0 aromatic heterocycles. The highest BCUT2D eigenvalue weighted by Gasteiger charge is 2.49. The number of carbonyl (C=O) groups is 1. The first-order valence-corrected chi connectivity index (χ1v) is 5.75. The second-order valence-electron chi connectivity index (χ2n) is 5.41. The third-order valence-corrected chi connectivity index (χ3v) is 2.58. The van der Waals surface area contributed by atoms with Crippen molar-refractivity contribution in [2.75, 3.05) is 6.54 Å². The molecule has 18 heavy (non-hydrogen) atoms. The van der Waals surface area contributed by atoms with Crippen molar-refractivity contribution in [1.29, 1.82) is 0 Å². The maximum absolute atomic E-state index is 12.8. The largest absolute Gasteiger partial charge is 0.444 e. The standard InChI is InChI=1S/C11H18F3NO3/c1-10(2,3)18-9(17)15-5-4-7(16)6-8(15)11(12,13)14/h7-8,16H,4-6H2,1-3H3/t7-,8+/m0/s1. The Morgan fingerprint density at radius 3 is 2.33 bits per heavy atom. The first kappa shape index (κ1) is 15.1. The van der Waals surface area contributed by atoms with Crippen LogP contribution in [-0.2, 0) is 4.74 Å². The van der Waals surface area contributed by atoms with Crippen molar-refractivity contribution in [3.63, 3.8) is 0 Å². The number of rotatable bonds is 0. The maximum atomic E-state index is 12.8. The van der Waals surface area contributed by atoms with E-state index < -0.39 is 36.4 Å². The number of likely N-dealkylation sites (tertiary alicyclic amines) is 1. The third-order valence-electron chi connectivity index (χ3n) is 2.58. The second-order valence-corrected chi connectivity index (χ2v) is 5.41. The van der Waals surface area contributed by atoms with Gasteiger partial charge in [0.1, 0.15) is 11.6 Å². The fourth-order valence-corrected chi connectivity index (χ4v) is 1.80. The molecular formula is C11H18F3NO3. The maximum Gasteiger partial charge on any atom is 0.410 e. The van der Waals surface area contributed by atoms with Gasteiger partial charge >= 0.3 is 12.3 Å².